The van der Waals surface area contributed by atoms with Gasteiger partial charge in [-0.3, -0.25) is 4.79 Å². The van der Waals surface area contributed by atoms with Crippen LogP contribution in [0.2, 0.25) is 0 Å². The van der Waals surface area contributed by atoms with Crippen molar-refractivity contribution in [2.45, 2.75) is 38.0 Å². The maximum absolute atomic E-state index is 11.5. The molecule has 14 heavy (non-hydrogen) atoms. The Kier molecular flexibility index (Phi) is 6.20. The van der Waals surface area contributed by atoms with Gasteiger partial charge in [-0.2, -0.15) is 11.8 Å². The van der Waals surface area contributed by atoms with Crippen LogP contribution in [0.4, 0.5) is 0 Å². The van der Waals surface area contributed by atoms with E-state index in [-0.39, 0.29) is 5.97 Å². The third kappa shape index (κ3) is 3.88. The molecule has 0 spiro atoms. The van der Waals surface area contributed by atoms with Crippen molar-refractivity contribution in [3.05, 3.63) is 0 Å². The number of nitrogens with one attached hydrogen (secondary N) is 1. The molecular weight excluding hydrogens is 198 g/mol. The first-order chi connectivity index (χ1) is 6.50. The number of ether oxygens (including phenoxy) is 1. The lowest BCUT2D eigenvalue weighted by atomic mass is 10.1. The number of thioether (sulfide) groups is 1. The Hall–Kier alpha value is -0.220. The maximum Gasteiger partial charge on any atom is 0.326 e. The van der Waals surface area contributed by atoms with Gasteiger partial charge < -0.3 is 10.1 Å². The van der Waals surface area contributed by atoms with Crippen molar-refractivity contribution in [3.8, 4) is 0 Å². The van der Waals surface area contributed by atoms with E-state index in [1.165, 1.54) is 7.11 Å². The van der Waals surface area contributed by atoms with Crippen molar-refractivity contribution in [2.24, 2.45) is 0 Å². The van der Waals surface area contributed by atoms with Gasteiger partial charge in [-0.25, -0.2) is 0 Å². The standard InChI is InChI=1S/C10H21NO2S/c1-6-8(2)14-7-10(3,11-4)9(12)13-5/h8,11H,6-7H2,1-5H3. The van der Waals surface area contributed by atoms with Gasteiger partial charge >= 0.3 is 5.97 Å². The zero-order chi connectivity index (χ0) is 11.2. The second-order valence-corrected chi connectivity index (χ2v) is 5.03. The van der Waals surface area contributed by atoms with Crippen LogP contribution in [0.3, 0.4) is 0 Å². The fourth-order valence-electron chi connectivity index (χ4n) is 0.885. The monoisotopic (exact) mass is 219 g/mol. The molecule has 0 fully saturated rings. The van der Waals surface area contributed by atoms with E-state index in [1.807, 2.05) is 6.92 Å². The van der Waals surface area contributed by atoms with E-state index in [0.717, 1.165) is 12.2 Å². The summed E-state index contributed by atoms with van der Waals surface area (Å²) >= 11 is 1.79. The van der Waals surface area contributed by atoms with Crippen LogP contribution >= 0.6 is 11.8 Å². The molecule has 2 atom stereocenters. The summed E-state index contributed by atoms with van der Waals surface area (Å²) in [4.78, 5) is 11.5. The second-order valence-electron chi connectivity index (χ2n) is 3.60. The van der Waals surface area contributed by atoms with Crippen LogP contribution in [0.1, 0.15) is 27.2 Å². The Morgan fingerprint density at radius 3 is 2.57 bits per heavy atom. The first-order valence-corrected chi connectivity index (χ1v) is 5.94. The van der Waals surface area contributed by atoms with E-state index < -0.39 is 5.54 Å². The van der Waals surface area contributed by atoms with E-state index >= 15 is 0 Å². The number of esters is 1. The molecule has 2 unspecified atom stereocenters. The van der Waals surface area contributed by atoms with E-state index in [2.05, 4.69) is 19.2 Å². The molecular formula is C10H21NO2S. The quantitative estimate of drug-likeness (QED) is 0.690. The minimum Gasteiger partial charge on any atom is -0.468 e. The second kappa shape index (κ2) is 6.30. The lowest BCUT2D eigenvalue weighted by molar-refractivity contribution is -0.146. The Balaban J connectivity index is 4.19. The molecule has 0 aromatic carbocycles. The van der Waals surface area contributed by atoms with Crippen molar-refractivity contribution >= 4 is 17.7 Å². The highest BCUT2D eigenvalue weighted by Crippen LogP contribution is 2.20. The maximum atomic E-state index is 11.5. The highest BCUT2D eigenvalue weighted by molar-refractivity contribution is 7.99. The summed E-state index contributed by atoms with van der Waals surface area (Å²) in [6.45, 7) is 6.18. The van der Waals surface area contributed by atoms with Gasteiger partial charge in [0.05, 0.1) is 7.11 Å². The molecule has 0 aromatic rings. The van der Waals surface area contributed by atoms with Gasteiger partial charge in [-0.1, -0.05) is 13.8 Å². The summed E-state index contributed by atoms with van der Waals surface area (Å²) in [7, 11) is 3.21. The third-order valence-corrected chi connectivity index (χ3v) is 4.07. The van der Waals surface area contributed by atoms with Crippen molar-refractivity contribution in [1.29, 1.82) is 0 Å². The predicted molar refractivity (Wildman–Crippen MR) is 61.7 cm³/mol. The van der Waals surface area contributed by atoms with Crippen LogP contribution in [0.5, 0.6) is 0 Å². The van der Waals surface area contributed by atoms with Gasteiger partial charge in [-0.15, -0.1) is 0 Å². The number of methoxy groups -OCH3 is 1. The van der Waals surface area contributed by atoms with E-state index in [4.69, 9.17) is 4.74 Å². The molecule has 0 bridgehead atoms. The van der Waals surface area contributed by atoms with Crippen molar-refractivity contribution in [1.82, 2.24) is 5.32 Å². The van der Waals surface area contributed by atoms with Crippen molar-refractivity contribution < 1.29 is 9.53 Å². The lowest BCUT2D eigenvalue weighted by Gasteiger charge is -2.26. The first kappa shape index (κ1) is 13.8. The number of carbonyl (C=O) groups excluding carboxylic acids is 1. The number of rotatable bonds is 6. The van der Waals surface area contributed by atoms with E-state index in [9.17, 15) is 4.79 Å². The Morgan fingerprint density at radius 2 is 2.21 bits per heavy atom. The van der Waals surface area contributed by atoms with Crippen LogP contribution in [-0.4, -0.2) is 36.7 Å². The summed E-state index contributed by atoms with van der Waals surface area (Å²) in [6, 6.07) is 0. The van der Waals surface area contributed by atoms with E-state index in [1.54, 1.807) is 18.8 Å². The lowest BCUT2D eigenvalue weighted by Crippen LogP contribution is -2.50. The zero-order valence-corrected chi connectivity index (χ0v) is 10.5. The summed E-state index contributed by atoms with van der Waals surface area (Å²) in [6.07, 6.45) is 1.12. The average molecular weight is 219 g/mol. The smallest absolute Gasteiger partial charge is 0.326 e. The minimum atomic E-state index is -0.567. The van der Waals surface area contributed by atoms with Crippen LogP contribution in [-0.2, 0) is 9.53 Å². The van der Waals surface area contributed by atoms with Gasteiger partial charge in [0.1, 0.15) is 5.54 Å². The predicted octanol–water partition coefficient (Wildman–Crippen LogP) is 1.67. The summed E-state index contributed by atoms with van der Waals surface area (Å²) in [5.41, 5.74) is -0.567. The van der Waals surface area contributed by atoms with Crippen molar-refractivity contribution in [3.63, 3.8) is 0 Å². The molecule has 0 heterocycles. The molecule has 0 aliphatic heterocycles. The molecule has 0 radical (unpaired) electrons. The fourth-order valence-corrected chi connectivity index (χ4v) is 2.00. The van der Waals surface area contributed by atoms with Gasteiger partial charge in [0.25, 0.3) is 0 Å². The average Bonchev–Trinajstić information content (AvgIpc) is 2.23. The Morgan fingerprint density at radius 1 is 1.64 bits per heavy atom. The molecule has 4 heteroatoms. The molecule has 84 valence electrons. The van der Waals surface area contributed by atoms with Gasteiger partial charge in [0.15, 0.2) is 0 Å². The number of carbonyl (C=O) groups is 1. The highest BCUT2D eigenvalue weighted by atomic mass is 32.2. The highest BCUT2D eigenvalue weighted by Gasteiger charge is 2.32. The molecule has 3 nitrogen and oxygen atoms in total. The summed E-state index contributed by atoms with van der Waals surface area (Å²) in [5.74, 6) is 0.543. The summed E-state index contributed by atoms with van der Waals surface area (Å²) in [5, 5.41) is 3.59. The van der Waals surface area contributed by atoms with Gasteiger partial charge in [0.2, 0.25) is 0 Å². The van der Waals surface area contributed by atoms with Crippen LogP contribution in [0.25, 0.3) is 0 Å². The molecule has 1 N–H and O–H groups in total. The van der Waals surface area contributed by atoms with Crippen LogP contribution < -0.4 is 5.32 Å². The topological polar surface area (TPSA) is 38.3 Å². The number of hydrogen-bond donors (Lipinski definition) is 1. The molecule has 0 amide bonds. The largest absolute Gasteiger partial charge is 0.468 e. The van der Waals surface area contributed by atoms with Gasteiger partial charge in [-0.05, 0) is 20.4 Å². The number of hydrogen-bond acceptors (Lipinski definition) is 4. The third-order valence-electron chi connectivity index (χ3n) is 2.42. The number of likely N-dealkylation sites (N-methyl/N-ethyl adjacent to an activating group) is 1. The fraction of sp³-hybridized carbons (Fsp3) is 0.900. The molecule has 0 aliphatic carbocycles. The minimum absolute atomic E-state index is 0.198. The molecule has 0 aromatic heterocycles. The normalized spacial score (nSPS) is 17.2. The van der Waals surface area contributed by atoms with Crippen LogP contribution in [0, 0.1) is 0 Å². The first-order valence-electron chi connectivity index (χ1n) is 4.89. The summed E-state index contributed by atoms with van der Waals surface area (Å²) < 4.78 is 4.76. The van der Waals surface area contributed by atoms with Gasteiger partial charge in [0, 0.05) is 11.0 Å². The molecule has 0 rings (SSSR count). The van der Waals surface area contributed by atoms with Crippen molar-refractivity contribution in [2.75, 3.05) is 19.9 Å². The molecule has 0 saturated carbocycles. The Labute approximate surface area is 91.0 Å². The SMILES string of the molecule is CCC(C)SCC(C)(NC)C(=O)OC. The molecule has 0 aliphatic rings. The van der Waals surface area contributed by atoms with Crippen LogP contribution in [0.15, 0.2) is 0 Å². The van der Waals surface area contributed by atoms with E-state index in [0.29, 0.717) is 5.25 Å². The zero-order valence-electron chi connectivity index (χ0n) is 9.72. The molecule has 0 saturated heterocycles. The Bertz CT molecular complexity index is 187.